The van der Waals surface area contributed by atoms with Crippen molar-refractivity contribution < 1.29 is 22.4 Å². The lowest BCUT2D eigenvalue weighted by Crippen LogP contribution is -2.41. The molecular formula is C10H7F4NO. The van der Waals surface area contributed by atoms with Crippen molar-refractivity contribution in [3.8, 4) is 0 Å². The average molecular weight is 233 g/mol. The zero-order chi connectivity index (χ0) is 11.9. The molecule has 0 radical (unpaired) electrons. The van der Waals surface area contributed by atoms with Crippen LogP contribution in [-0.4, -0.2) is 5.91 Å². The van der Waals surface area contributed by atoms with Crippen LogP contribution >= 0.6 is 0 Å². The number of amides is 1. The number of halogens is 4. The third-order valence-electron chi connectivity index (χ3n) is 2.37. The highest BCUT2D eigenvalue weighted by Crippen LogP contribution is 2.33. The zero-order valence-corrected chi connectivity index (χ0v) is 7.94. The van der Waals surface area contributed by atoms with E-state index in [4.69, 9.17) is 0 Å². The average Bonchev–Trinajstić information content (AvgIpc) is 2.10. The van der Waals surface area contributed by atoms with E-state index in [2.05, 4.69) is 5.32 Å². The Morgan fingerprint density at radius 3 is 2.38 bits per heavy atom. The van der Waals surface area contributed by atoms with Gasteiger partial charge in [0.15, 0.2) is 0 Å². The predicted molar refractivity (Wildman–Crippen MR) is 46.9 cm³/mol. The topological polar surface area (TPSA) is 29.1 Å². The van der Waals surface area contributed by atoms with Gasteiger partial charge in [0.2, 0.25) is 5.91 Å². The molecule has 1 unspecified atom stereocenters. The normalized spacial score (nSPS) is 20.2. The quantitative estimate of drug-likeness (QED) is 0.585. The largest absolute Gasteiger partial charge is 0.416 e. The summed E-state index contributed by atoms with van der Waals surface area (Å²) in [5.74, 6) is -1.20. The van der Waals surface area contributed by atoms with Crippen LogP contribution in [0.4, 0.5) is 17.6 Å². The Bertz CT molecular complexity index is 433. The third kappa shape index (κ3) is 2.00. The van der Waals surface area contributed by atoms with Gasteiger partial charge in [-0.3, -0.25) is 4.79 Å². The molecule has 1 amide bonds. The number of carbonyl (C=O) groups is 1. The maximum Gasteiger partial charge on any atom is 0.416 e. The van der Waals surface area contributed by atoms with Crippen molar-refractivity contribution in [3.05, 3.63) is 35.1 Å². The van der Waals surface area contributed by atoms with Gasteiger partial charge in [0.05, 0.1) is 18.0 Å². The molecule has 0 bridgehead atoms. The van der Waals surface area contributed by atoms with Crippen LogP contribution in [0.15, 0.2) is 18.2 Å². The molecule has 0 aliphatic carbocycles. The van der Waals surface area contributed by atoms with E-state index in [9.17, 15) is 22.4 Å². The van der Waals surface area contributed by atoms with E-state index < -0.39 is 23.6 Å². The molecule has 1 aliphatic rings. The summed E-state index contributed by atoms with van der Waals surface area (Å²) >= 11 is 0. The van der Waals surface area contributed by atoms with Crippen LogP contribution in [0.1, 0.15) is 23.6 Å². The Kier molecular flexibility index (Phi) is 2.36. The molecule has 0 saturated carbocycles. The number of alkyl halides is 3. The fraction of sp³-hybridized carbons (Fsp3) is 0.300. The van der Waals surface area contributed by atoms with Crippen LogP contribution in [0.5, 0.6) is 0 Å². The van der Waals surface area contributed by atoms with Crippen molar-refractivity contribution in [2.75, 3.05) is 0 Å². The first-order valence-electron chi connectivity index (χ1n) is 4.53. The predicted octanol–water partition coefficient (Wildman–Crippen LogP) is 2.41. The van der Waals surface area contributed by atoms with Gasteiger partial charge in [0.1, 0.15) is 5.82 Å². The molecule has 1 N–H and O–H groups in total. The van der Waals surface area contributed by atoms with Gasteiger partial charge in [-0.1, -0.05) is 0 Å². The molecule has 2 nitrogen and oxygen atoms in total. The molecule has 1 fully saturated rings. The highest BCUT2D eigenvalue weighted by atomic mass is 19.4. The van der Waals surface area contributed by atoms with Crippen molar-refractivity contribution in [3.63, 3.8) is 0 Å². The second-order valence-corrected chi connectivity index (χ2v) is 3.60. The van der Waals surface area contributed by atoms with Crippen LogP contribution in [-0.2, 0) is 11.0 Å². The first-order valence-corrected chi connectivity index (χ1v) is 4.53. The molecule has 1 heterocycles. The molecule has 0 aromatic heterocycles. The monoisotopic (exact) mass is 233 g/mol. The van der Waals surface area contributed by atoms with E-state index in [0.29, 0.717) is 6.07 Å². The number of hydrogen-bond donors (Lipinski definition) is 1. The smallest absolute Gasteiger partial charge is 0.349 e. The van der Waals surface area contributed by atoms with Crippen molar-refractivity contribution in [1.29, 1.82) is 0 Å². The van der Waals surface area contributed by atoms with Gasteiger partial charge < -0.3 is 5.32 Å². The molecule has 1 aliphatic heterocycles. The lowest BCUT2D eigenvalue weighted by atomic mass is 9.95. The number of β-lactam (4-membered cyclic amide) rings is 1. The summed E-state index contributed by atoms with van der Waals surface area (Å²) in [5, 5.41) is 2.39. The Balaban J connectivity index is 2.33. The van der Waals surface area contributed by atoms with Gasteiger partial charge in [0.25, 0.3) is 0 Å². The van der Waals surface area contributed by atoms with Gasteiger partial charge >= 0.3 is 6.18 Å². The highest BCUT2D eigenvalue weighted by Gasteiger charge is 2.34. The van der Waals surface area contributed by atoms with E-state index in [1.54, 1.807) is 0 Å². The van der Waals surface area contributed by atoms with E-state index in [0.717, 1.165) is 12.1 Å². The van der Waals surface area contributed by atoms with Gasteiger partial charge in [-0.2, -0.15) is 13.2 Å². The Hall–Kier alpha value is -1.59. The molecule has 1 atom stereocenters. The molecule has 0 spiro atoms. The zero-order valence-electron chi connectivity index (χ0n) is 7.94. The molecule has 16 heavy (non-hydrogen) atoms. The maximum atomic E-state index is 13.0. The minimum Gasteiger partial charge on any atom is -0.349 e. The Morgan fingerprint density at radius 2 is 1.88 bits per heavy atom. The van der Waals surface area contributed by atoms with E-state index in [1.165, 1.54) is 0 Å². The lowest BCUT2D eigenvalue weighted by Gasteiger charge is -2.27. The van der Waals surface area contributed by atoms with Crippen LogP contribution in [0.25, 0.3) is 0 Å². The van der Waals surface area contributed by atoms with Crippen molar-refractivity contribution in [2.45, 2.75) is 18.6 Å². The maximum absolute atomic E-state index is 13.0. The number of benzene rings is 1. The number of hydrogen-bond acceptors (Lipinski definition) is 1. The van der Waals surface area contributed by atoms with E-state index in [-0.39, 0.29) is 17.9 Å². The van der Waals surface area contributed by atoms with Crippen molar-refractivity contribution >= 4 is 5.91 Å². The minimum atomic E-state index is -4.58. The summed E-state index contributed by atoms with van der Waals surface area (Å²) in [6.07, 6.45) is -4.48. The Labute approximate surface area is 88.3 Å². The number of rotatable bonds is 1. The van der Waals surface area contributed by atoms with Crippen LogP contribution < -0.4 is 5.32 Å². The van der Waals surface area contributed by atoms with Gasteiger partial charge in [0, 0.05) is 0 Å². The van der Waals surface area contributed by atoms with Crippen molar-refractivity contribution in [2.24, 2.45) is 0 Å². The first kappa shape index (κ1) is 10.9. The lowest BCUT2D eigenvalue weighted by molar-refractivity contribution is -0.137. The van der Waals surface area contributed by atoms with Crippen LogP contribution in [0.3, 0.4) is 0 Å². The summed E-state index contributed by atoms with van der Waals surface area (Å²) in [6, 6.07) is 1.78. The second-order valence-electron chi connectivity index (χ2n) is 3.60. The Morgan fingerprint density at radius 1 is 1.25 bits per heavy atom. The summed E-state index contributed by atoms with van der Waals surface area (Å²) < 4.78 is 50.0. The molecule has 1 aromatic carbocycles. The van der Waals surface area contributed by atoms with Crippen molar-refractivity contribution in [1.82, 2.24) is 5.32 Å². The molecule has 86 valence electrons. The van der Waals surface area contributed by atoms with E-state index >= 15 is 0 Å². The molecular weight excluding hydrogens is 226 g/mol. The molecule has 1 aromatic rings. The molecule has 6 heteroatoms. The fourth-order valence-corrected chi connectivity index (χ4v) is 1.54. The first-order chi connectivity index (χ1) is 7.36. The van der Waals surface area contributed by atoms with Crippen LogP contribution in [0.2, 0.25) is 0 Å². The summed E-state index contributed by atoms with van der Waals surface area (Å²) in [6.45, 7) is 0. The molecule has 1 saturated heterocycles. The van der Waals surface area contributed by atoms with E-state index in [1.807, 2.05) is 0 Å². The van der Waals surface area contributed by atoms with Gasteiger partial charge in [-0.05, 0) is 23.8 Å². The number of carbonyl (C=O) groups excluding carboxylic acids is 1. The summed E-state index contributed by atoms with van der Waals surface area (Å²) in [5.41, 5.74) is -0.893. The highest BCUT2D eigenvalue weighted by molar-refractivity contribution is 5.83. The second kappa shape index (κ2) is 3.47. The van der Waals surface area contributed by atoms with Gasteiger partial charge in [-0.25, -0.2) is 4.39 Å². The summed E-state index contributed by atoms with van der Waals surface area (Å²) in [7, 11) is 0. The SMILES string of the molecule is O=C1CC(c2cc(F)cc(C(F)(F)F)c2)N1. The standard InChI is InChI=1S/C10H7F4NO/c11-7-2-5(8-4-9(16)15-8)1-6(3-7)10(12,13)14/h1-3,8H,4H2,(H,15,16). The fourth-order valence-electron chi connectivity index (χ4n) is 1.54. The number of nitrogens with one attached hydrogen (secondary N) is 1. The third-order valence-corrected chi connectivity index (χ3v) is 2.37. The van der Waals surface area contributed by atoms with Gasteiger partial charge in [-0.15, -0.1) is 0 Å². The van der Waals surface area contributed by atoms with Crippen LogP contribution in [0, 0.1) is 5.82 Å². The minimum absolute atomic E-state index is 0.0980. The molecule has 2 rings (SSSR count). The summed E-state index contributed by atoms with van der Waals surface area (Å²) in [4.78, 5) is 10.6.